The molecule has 1 aliphatic carbocycles. The Morgan fingerprint density at radius 3 is 3.09 bits per heavy atom. The summed E-state index contributed by atoms with van der Waals surface area (Å²) in [4.78, 5) is 19.8. The molecule has 1 N–H and O–H groups in total. The van der Waals surface area contributed by atoms with Crippen LogP contribution in [0.3, 0.4) is 0 Å². The molecule has 23 heavy (non-hydrogen) atoms. The van der Waals surface area contributed by atoms with Gasteiger partial charge >= 0.3 is 0 Å². The van der Waals surface area contributed by atoms with Gasteiger partial charge in [-0.2, -0.15) is 4.98 Å². The van der Waals surface area contributed by atoms with Crippen molar-refractivity contribution in [3.05, 3.63) is 11.7 Å². The van der Waals surface area contributed by atoms with Gasteiger partial charge in [0.1, 0.15) is 0 Å². The Morgan fingerprint density at radius 2 is 2.26 bits per heavy atom. The molecule has 4 rings (SSSR count). The van der Waals surface area contributed by atoms with Gasteiger partial charge in [0, 0.05) is 19.6 Å². The third-order valence-corrected chi connectivity index (χ3v) is 6.07. The van der Waals surface area contributed by atoms with E-state index in [1.807, 2.05) is 6.92 Å². The summed E-state index contributed by atoms with van der Waals surface area (Å²) in [6, 6.07) is 0. The number of aromatic nitrogens is 2. The number of hydrogen-bond donors (Lipinski definition) is 1. The first-order chi connectivity index (χ1) is 11.2. The SMILES string of the molecule is Cc1noc(C2CCCN(C(=O)[C@@]34CCCC[C@H]3CNC4)C2)n1. The van der Waals surface area contributed by atoms with Crippen molar-refractivity contribution in [3.63, 3.8) is 0 Å². The molecule has 0 bridgehead atoms. The minimum atomic E-state index is -0.148. The Bertz CT molecular complexity index is 587. The first-order valence-electron chi connectivity index (χ1n) is 8.99. The van der Waals surface area contributed by atoms with Crippen LogP contribution in [-0.4, -0.2) is 47.1 Å². The van der Waals surface area contributed by atoms with Gasteiger partial charge in [-0.25, -0.2) is 0 Å². The Hall–Kier alpha value is -1.43. The summed E-state index contributed by atoms with van der Waals surface area (Å²) in [6.45, 7) is 5.31. The molecular formula is C17H26N4O2. The lowest BCUT2D eigenvalue weighted by atomic mass is 9.67. The predicted molar refractivity (Wildman–Crippen MR) is 84.9 cm³/mol. The van der Waals surface area contributed by atoms with Gasteiger partial charge in [-0.1, -0.05) is 18.0 Å². The van der Waals surface area contributed by atoms with Gasteiger partial charge in [-0.3, -0.25) is 4.79 Å². The van der Waals surface area contributed by atoms with Crippen molar-refractivity contribution in [2.75, 3.05) is 26.2 Å². The van der Waals surface area contributed by atoms with E-state index in [4.69, 9.17) is 4.52 Å². The molecule has 0 spiro atoms. The maximum absolute atomic E-state index is 13.4. The zero-order valence-corrected chi connectivity index (χ0v) is 13.9. The molecule has 1 unspecified atom stereocenters. The normalized spacial score (nSPS) is 34.4. The minimum Gasteiger partial charge on any atom is -0.341 e. The van der Waals surface area contributed by atoms with Crippen molar-refractivity contribution in [1.29, 1.82) is 0 Å². The maximum Gasteiger partial charge on any atom is 0.231 e. The highest BCUT2D eigenvalue weighted by atomic mass is 16.5. The van der Waals surface area contributed by atoms with E-state index in [0.29, 0.717) is 23.5 Å². The van der Waals surface area contributed by atoms with Crippen molar-refractivity contribution >= 4 is 5.91 Å². The topological polar surface area (TPSA) is 71.3 Å². The van der Waals surface area contributed by atoms with Gasteiger partial charge in [-0.15, -0.1) is 0 Å². The Kier molecular flexibility index (Phi) is 3.87. The molecule has 6 heteroatoms. The van der Waals surface area contributed by atoms with Gasteiger partial charge in [0.05, 0.1) is 11.3 Å². The first-order valence-corrected chi connectivity index (χ1v) is 8.99. The lowest BCUT2D eigenvalue weighted by molar-refractivity contribution is -0.146. The Balaban J connectivity index is 1.51. The second-order valence-corrected chi connectivity index (χ2v) is 7.50. The number of rotatable bonds is 2. The average molecular weight is 318 g/mol. The second kappa shape index (κ2) is 5.89. The van der Waals surface area contributed by atoms with Gasteiger partial charge in [0.15, 0.2) is 5.82 Å². The third-order valence-electron chi connectivity index (χ3n) is 6.07. The van der Waals surface area contributed by atoms with Crippen LogP contribution >= 0.6 is 0 Å². The van der Waals surface area contributed by atoms with Crippen LogP contribution < -0.4 is 5.32 Å². The number of likely N-dealkylation sites (tertiary alicyclic amines) is 1. The van der Waals surface area contributed by atoms with Crippen LogP contribution in [-0.2, 0) is 4.79 Å². The average Bonchev–Trinajstić information content (AvgIpc) is 3.21. The van der Waals surface area contributed by atoms with Gasteiger partial charge in [0.25, 0.3) is 0 Å². The number of amides is 1. The molecule has 6 nitrogen and oxygen atoms in total. The van der Waals surface area contributed by atoms with Crippen LogP contribution in [0.4, 0.5) is 0 Å². The van der Waals surface area contributed by atoms with E-state index in [1.54, 1.807) is 0 Å². The highest BCUT2D eigenvalue weighted by Crippen LogP contribution is 2.45. The van der Waals surface area contributed by atoms with E-state index in [9.17, 15) is 4.79 Å². The number of aryl methyl sites for hydroxylation is 1. The lowest BCUT2D eigenvalue weighted by Crippen LogP contribution is -2.52. The third kappa shape index (κ3) is 2.57. The van der Waals surface area contributed by atoms with E-state index in [-0.39, 0.29) is 11.3 Å². The number of carbonyl (C=O) groups is 1. The maximum atomic E-state index is 13.4. The molecule has 1 saturated carbocycles. The van der Waals surface area contributed by atoms with Crippen LogP contribution in [0.25, 0.3) is 0 Å². The number of hydrogen-bond acceptors (Lipinski definition) is 5. The molecule has 1 aromatic rings. The van der Waals surface area contributed by atoms with E-state index >= 15 is 0 Å². The smallest absolute Gasteiger partial charge is 0.231 e. The Labute approximate surface area is 137 Å². The fraction of sp³-hybridized carbons (Fsp3) is 0.824. The van der Waals surface area contributed by atoms with Crippen molar-refractivity contribution in [2.24, 2.45) is 11.3 Å². The molecular weight excluding hydrogens is 292 g/mol. The van der Waals surface area contributed by atoms with Gasteiger partial charge < -0.3 is 14.7 Å². The molecule has 3 aliphatic rings. The van der Waals surface area contributed by atoms with Crippen molar-refractivity contribution in [2.45, 2.75) is 51.4 Å². The highest BCUT2D eigenvalue weighted by molar-refractivity contribution is 5.84. The van der Waals surface area contributed by atoms with Crippen LogP contribution in [0.2, 0.25) is 0 Å². The number of carbonyl (C=O) groups excluding carboxylic acids is 1. The summed E-state index contributed by atoms with van der Waals surface area (Å²) in [5.74, 6) is 2.46. The van der Waals surface area contributed by atoms with E-state index in [0.717, 1.165) is 45.4 Å². The molecule has 1 aromatic heterocycles. The monoisotopic (exact) mass is 318 g/mol. The molecule has 3 atom stereocenters. The molecule has 126 valence electrons. The summed E-state index contributed by atoms with van der Waals surface area (Å²) in [5, 5.41) is 7.39. The molecule has 3 heterocycles. The summed E-state index contributed by atoms with van der Waals surface area (Å²) in [6.07, 6.45) is 6.74. The highest BCUT2D eigenvalue weighted by Gasteiger charge is 2.51. The van der Waals surface area contributed by atoms with E-state index in [2.05, 4.69) is 20.4 Å². The van der Waals surface area contributed by atoms with Crippen LogP contribution in [0.5, 0.6) is 0 Å². The summed E-state index contributed by atoms with van der Waals surface area (Å²) in [7, 11) is 0. The number of fused-ring (bicyclic) bond motifs is 1. The van der Waals surface area contributed by atoms with Crippen molar-refractivity contribution in [3.8, 4) is 0 Å². The van der Waals surface area contributed by atoms with Crippen LogP contribution in [0.1, 0.15) is 56.2 Å². The molecule has 0 radical (unpaired) electrons. The predicted octanol–water partition coefficient (Wildman–Crippen LogP) is 1.86. The number of piperidine rings is 1. The van der Waals surface area contributed by atoms with Crippen LogP contribution in [0.15, 0.2) is 4.52 Å². The summed E-state index contributed by atoms with van der Waals surface area (Å²) in [5.41, 5.74) is -0.148. The first kappa shape index (κ1) is 15.1. The second-order valence-electron chi connectivity index (χ2n) is 7.50. The summed E-state index contributed by atoms with van der Waals surface area (Å²) >= 11 is 0. The summed E-state index contributed by atoms with van der Waals surface area (Å²) < 4.78 is 5.35. The molecule has 0 aromatic carbocycles. The molecule has 2 aliphatic heterocycles. The van der Waals surface area contributed by atoms with Gasteiger partial charge in [-0.05, 0) is 45.1 Å². The largest absolute Gasteiger partial charge is 0.341 e. The van der Waals surface area contributed by atoms with Crippen molar-refractivity contribution < 1.29 is 9.32 Å². The zero-order chi connectivity index (χ0) is 15.9. The number of nitrogens with one attached hydrogen (secondary N) is 1. The quantitative estimate of drug-likeness (QED) is 0.901. The van der Waals surface area contributed by atoms with Crippen LogP contribution in [0, 0.1) is 18.3 Å². The fourth-order valence-corrected chi connectivity index (χ4v) is 4.83. The fourth-order valence-electron chi connectivity index (χ4n) is 4.83. The zero-order valence-electron chi connectivity index (χ0n) is 13.9. The number of nitrogens with zero attached hydrogens (tertiary/aromatic N) is 3. The lowest BCUT2D eigenvalue weighted by Gasteiger charge is -2.42. The molecule has 3 fully saturated rings. The van der Waals surface area contributed by atoms with E-state index in [1.165, 1.54) is 19.3 Å². The van der Waals surface area contributed by atoms with Gasteiger partial charge in [0.2, 0.25) is 11.8 Å². The van der Waals surface area contributed by atoms with E-state index < -0.39 is 0 Å². The molecule has 1 amide bonds. The standard InChI is InChI=1S/C17H26N4O2/c1-12-19-15(23-20-12)13-5-4-8-21(10-13)16(22)17-7-3-2-6-14(17)9-18-11-17/h13-14,18H,2-11H2,1H3/t13?,14-,17+/m0/s1. The Morgan fingerprint density at radius 1 is 1.35 bits per heavy atom. The minimum absolute atomic E-state index is 0.148. The van der Waals surface area contributed by atoms with Crippen molar-refractivity contribution in [1.82, 2.24) is 20.4 Å². The molecule has 2 saturated heterocycles.